The number of aldehydes is 1. The number of methoxy groups -OCH3 is 2. The Labute approximate surface area is 432 Å². The first kappa shape index (κ1) is 62.3. The first-order chi connectivity index (χ1) is 34.4. The summed E-state index contributed by atoms with van der Waals surface area (Å²) in [7, 11) is 6.42. The molecular weight excluding hydrogens is 955 g/mol. The summed E-state index contributed by atoms with van der Waals surface area (Å²) >= 11 is 0. The van der Waals surface area contributed by atoms with Gasteiger partial charge in [-0.1, -0.05) is 52.3 Å². The normalized spacial score (nSPS) is 41.5. The van der Waals surface area contributed by atoms with Gasteiger partial charge in [-0.05, 0) is 80.0 Å². The molecule has 0 aliphatic carbocycles. The molecule has 20 nitrogen and oxygen atoms in total. The Morgan fingerprint density at radius 2 is 1.52 bits per heavy atom. The average molecular weight is 1040 g/mol. The van der Waals surface area contributed by atoms with E-state index in [4.69, 9.17) is 52.1 Å². The lowest BCUT2D eigenvalue weighted by atomic mass is 9.79. The zero-order chi connectivity index (χ0) is 54.5. The fourth-order valence-corrected chi connectivity index (χ4v) is 10.5. The van der Waals surface area contributed by atoms with E-state index in [0.717, 1.165) is 6.29 Å². The van der Waals surface area contributed by atoms with E-state index >= 15 is 0 Å². The third kappa shape index (κ3) is 16.6. The van der Waals surface area contributed by atoms with Crippen LogP contribution in [-0.2, 0) is 76.1 Å². The number of esters is 3. The first-order valence-corrected chi connectivity index (χ1v) is 26.1. The van der Waals surface area contributed by atoms with Crippen molar-refractivity contribution in [2.75, 3.05) is 34.9 Å². The number of ether oxygens (including phenoxy) is 11. The van der Waals surface area contributed by atoms with Gasteiger partial charge in [-0.25, -0.2) is 0 Å². The van der Waals surface area contributed by atoms with E-state index in [1.165, 1.54) is 20.3 Å². The van der Waals surface area contributed by atoms with Gasteiger partial charge in [-0.15, -0.1) is 0 Å². The summed E-state index contributed by atoms with van der Waals surface area (Å²) in [5.41, 5.74) is -0.853. The van der Waals surface area contributed by atoms with Crippen LogP contribution in [0.4, 0.5) is 0 Å². The Kier molecular flexibility index (Phi) is 24.5. The fraction of sp³-hybridized carbons (Fsp3) is 0.830. The van der Waals surface area contributed by atoms with E-state index in [1.54, 1.807) is 80.5 Å². The number of likely N-dealkylation sites (N-methyl/N-ethyl adjacent to an activating group) is 1. The predicted molar refractivity (Wildman–Crippen MR) is 263 cm³/mol. The summed E-state index contributed by atoms with van der Waals surface area (Å²) in [4.78, 5) is 68.2. The molecule has 4 heterocycles. The lowest BCUT2D eigenvalue weighted by molar-refractivity contribution is -0.342. The van der Waals surface area contributed by atoms with Crippen molar-refractivity contribution < 1.29 is 91.4 Å². The molecule has 4 aliphatic rings. The second-order valence-corrected chi connectivity index (χ2v) is 20.8. The molecule has 3 N–H and O–H groups in total. The van der Waals surface area contributed by atoms with Crippen LogP contribution in [0, 0.1) is 23.7 Å². The number of nitrogens with zero attached hydrogens (tertiary/aromatic N) is 1. The first-order valence-electron chi connectivity index (χ1n) is 26.1. The monoisotopic (exact) mass is 1040 g/mol. The molecule has 20 heteroatoms. The van der Waals surface area contributed by atoms with Crippen molar-refractivity contribution >= 4 is 30.0 Å². The maximum absolute atomic E-state index is 14.3. The van der Waals surface area contributed by atoms with Crippen molar-refractivity contribution in [1.82, 2.24) is 4.90 Å². The van der Waals surface area contributed by atoms with Gasteiger partial charge in [0.05, 0.1) is 43.5 Å². The molecule has 418 valence electrons. The number of rotatable bonds is 18. The molecule has 0 aromatic rings. The standard InChI is InChI=1S/C53H87NO19/c1-15-18-40(58)71-50-33(9)66-42(26-53(50,10)62)72-47-32(8)68-51(45(61)43(47)54(11)12)73-46-30(6)38(70-39(57)17-3)25-41(59)69-37(16-2)35(23-28(4)19-20-36(56)29(5)24-34(46)21-22-55)27-65-52-49(64-14)48(63-13)44(60)31(7)67-52/h19-20,22-23,29-35,37-38,42-52,60-62H,15-18,21,24-27H2,1-14H3/b20-19-,28-23-/t29-,30+,31-,32+,33+,34+,35+,37+,38-,42-,43+,44+,45-,46-,47-,48-,49-,50+,51-,52+,53+/m1/s1. The summed E-state index contributed by atoms with van der Waals surface area (Å²) < 4.78 is 67.4. The van der Waals surface area contributed by atoms with Gasteiger partial charge >= 0.3 is 17.9 Å². The van der Waals surface area contributed by atoms with Gasteiger partial charge in [0.2, 0.25) is 0 Å². The maximum atomic E-state index is 14.3. The second-order valence-electron chi connectivity index (χ2n) is 20.8. The molecular formula is C53H87NO19. The van der Waals surface area contributed by atoms with Crippen LogP contribution in [0.1, 0.15) is 121 Å². The van der Waals surface area contributed by atoms with Crippen LogP contribution in [0.3, 0.4) is 0 Å². The van der Waals surface area contributed by atoms with Crippen molar-refractivity contribution in [2.45, 2.75) is 224 Å². The Hall–Kier alpha value is -3.25. The highest BCUT2D eigenvalue weighted by molar-refractivity contribution is 5.91. The molecule has 21 atom stereocenters. The number of carbonyl (C=O) groups excluding carboxylic acids is 5. The smallest absolute Gasteiger partial charge is 0.309 e. The van der Waals surface area contributed by atoms with E-state index in [9.17, 15) is 39.3 Å². The van der Waals surface area contributed by atoms with Crippen LogP contribution >= 0.6 is 0 Å². The van der Waals surface area contributed by atoms with Crippen LogP contribution in [0.15, 0.2) is 23.8 Å². The topological polar surface area (TPSA) is 251 Å². The van der Waals surface area contributed by atoms with E-state index in [2.05, 4.69) is 0 Å². The predicted octanol–water partition coefficient (Wildman–Crippen LogP) is 4.15. The Balaban J connectivity index is 1.68. The number of hydrogen-bond acceptors (Lipinski definition) is 20. The van der Waals surface area contributed by atoms with E-state index in [1.807, 2.05) is 19.9 Å². The zero-order valence-electron chi connectivity index (χ0n) is 45.5. The third-order valence-corrected chi connectivity index (χ3v) is 14.6. The lowest BCUT2D eigenvalue weighted by Gasteiger charge is -2.50. The van der Waals surface area contributed by atoms with Gasteiger partial charge < -0.3 is 77.1 Å². The van der Waals surface area contributed by atoms with Crippen molar-refractivity contribution in [1.29, 1.82) is 0 Å². The minimum absolute atomic E-state index is 0.0246. The molecule has 0 radical (unpaired) electrons. The highest BCUT2D eigenvalue weighted by Crippen LogP contribution is 2.39. The quantitative estimate of drug-likeness (QED) is 0.0991. The average Bonchev–Trinajstić information content (AvgIpc) is 3.32. The number of cyclic esters (lactones) is 1. The van der Waals surface area contributed by atoms with Crippen LogP contribution < -0.4 is 0 Å². The minimum Gasteiger partial charge on any atom is -0.462 e. The summed E-state index contributed by atoms with van der Waals surface area (Å²) in [6.45, 7) is 17.2. The Morgan fingerprint density at radius 1 is 0.849 bits per heavy atom. The fourth-order valence-electron chi connectivity index (χ4n) is 10.5. The largest absolute Gasteiger partial charge is 0.462 e. The van der Waals surface area contributed by atoms with Crippen molar-refractivity contribution in [3.63, 3.8) is 0 Å². The highest BCUT2D eigenvalue weighted by Gasteiger charge is 2.53. The summed E-state index contributed by atoms with van der Waals surface area (Å²) in [5, 5.41) is 34.5. The number of hydrogen-bond donors (Lipinski definition) is 3. The molecule has 4 aliphatic heterocycles. The molecule has 0 amide bonds. The van der Waals surface area contributed by atoms with Crippen molar-refractivity contribution in [3.8, 4) is 0 Å². The molecule has 4 rings (SSSR count). The summed E-state index contributed by atoms with van der Waals surface area (Å²) in [6.07, 6.45) is -8.02. The molecule has 0 aromatic carbocycles. The number of ketones is 1. The molecule has 0 aromatic heterocycles. The highest BCUT2D eigenvalue weighted by atomic mass is 16.7. The lowest BCUT2D eigenvalue weighted by Crippen LogP contribution is -2.65. The number of aliphatic hydroxyl groups is 3. The van der Waals surface area contributed by atoms with Gasteiger partial charge in [0.15, 0.2) is 30.8 Å². The molecule has 3 saturated heterocycles. The number of allylic oxidation sites excluding steroid dienone is 3. The van der Waals surface area contributed by atoms with Crippen LogP contribution in [0.25, 0.3) is 0 Å². The zero-order valence-corrected chi connectivity index (χ0v) is 45.5. The second kappa shape index (κ2) is 28.8. The third-order valence-electron chi connectivity index (χ3n) is 14.6. The Bertz CT molecular complexity index is 1840. The molecule has 0 bridgehead atoms. The molecule has 3 fully saturated rings. The molecule has 73 heavy (non-hydrogen) atoms. The SMILES string of the molecule is CCCC(=O)O[C@H]1[C@H](C)O[C@H](O[C@H]2[C@@H](N(C)C)[C@@H](O)[C@@H](O[C@H]3[C@@H](CC=O)C[C@@H](C)C(=O)/C=C\C(C)=C/[C@@H](CO[C@H]4O[C@H](C)[C@H](O)[C@@H](OC)[C@H]4OC)[C@H](CC)OC(=O)C[C@@H](OC(=O)CC)[C@@H]3C)O[C@H]2C)C[C@]1(C)O. The Morgan fingerprint density at radius 3 is 2.11 bits per heavy atom. The summed E-state index contributed by atoms with van der Waals surface area (Å²) in [5.74, 6) is -4.82. The minimum atomic E-state index is -1.52. The maximum Gasteiger partial charge on any atom is 0.309 e. The van der Waals surface area contributed by atoms with Crippen molar-refractivity contribution in [2.24, 2.45) is 23.7 Å². The van der Waals surface area contributed by atoms with Gasteiger partial charge in [0, 0.05) is 57.7 Å². The van der Waals surface area contributed by atoms with E-state index in [-0.39, 0.29) is 44.5 Å². The number of carbonyl (C=O) groups is 5. The van der Waals surface area contributed by atoms with Gasteiger partial charge in [0.25, 0.3) is 0 Å². The molecule has 0 spiro atoms. The van der Waals surface area contributed by atoms with E-state index < -0.39 is 152 Å². The van der Waals surface area contributed by atoms with E-state index in [0.29, 0.717) is 18.4 Å². The number of aliphatic hydroxyl groups excluding tert-OH is 2. The molecule has 0 unspecified atom stereocenters. The van der Waals surface area contributed by atoms with Crippen LogP contribution in [-0.4, -0.2) is 189 Å². The van der Waals surface area contributed by atoms with Gasteiger partial charge in [-0.3, -0.25) is 19.2 Å². The molecule has 0 saturated carbocycles. The van der Waals surface area contributed by atoms with Crippen molar-refractivity contribution in [3.05, 3.63) is 23.8 Å². The summed E-state index contributed by atoms with van der Waals surface area (Å²) in [6, 6.07) is -0.807. The van der Waals surface area contributed by atoms with Gasteiger partial charge in [0.1, 0.15) is 54.6 Å². The van der Waals surface area contributed by atoms with Crippen LogP contribution in [0.2, 0.25) is 0 Å². The van der Waals surface area contributed by atoms with Gasteiger partial charge in [-0.2, -0.15) is 0 Å². The van der Waals surface area contributed by atoms with Crippen LogP contribution in [0.5, 0.6) is 0 Å².